The van der Waals surface area contributed by atoms with Crippen LogP contribution in [0.1, 0.15) is 6.92 Å². The molecule has 7 heteroatoms. The molecule has 0 aliphatic rings. The Morgan fingerprint density at radius 2 is 2.12 bits per heavy atom. The number of nitrogens with zero attached hydrogens (tertiary/aromatic N) is 2. The molecule has 0 saturated carbocycles. The molecule has 88 valence electrons. The number of nitrogens with one attached hydrogen (secondary N) is 1. The number of alkyl halides is 1. The van der Waals surface area contributed by atoms with Crippen LogP contribution in [0, 0.1) is 0 Å². The zero-order valence-electron chi connectivity index (χ0n) is 9.15. The highest BCUT2D eigenvalue weighted by Gasteiger charge is 2.12. The van der Waals surface area contributed by atoms with Crippen molar-refractivity contribution in [2.75, 3.05) is 19.5 Å². The first-order valence-electron chi connectivity index (χ1n) is 4.48. The van der Waals surface area contributed by atoms with Gasteiger partial charge in [-0.05, 0) is 6.92 Å². The first kappa shape index (κ1) is 12.5. The molecular weight excluding hydrogens is 234 g/mol. The number of hydrogen-bond acceptors (Lipinski definition) is 5. The van der Waals surface area contributed by atoms with Crippen molar-refractivity contribution in [3.63, 3.8) is 0 Å². The Bertz CT molecular complexity index is 362. The van der Waals surface area contributed by atoms with Crippen LogP contribution in [0.25, 0.3) is 0 Å². The quantitative estimate of drug-likeness (QED) is 0.803. The molecule has 0 fully saturated rings. The van der Waals surface area contributed by atoms with Crippen molar-refractivity contribution in [2.24, 2.45) is 0 Å². The number of anilines is 1. The van der Waals surface area contributed by atoms with Crippen molar-refractivity contribution in [3.8, 4) is 11.9 Å². The van der Waals surface area contributed by atoms with Gasteiger partial charge in [-0.2, -0.15) is 9.97 Å². The molecule has 0 aliphatic heterocycles. The van der Waals surface area contributed by atoms with E-state index in [-0.39, 0.29) is 17.7 Å². The maximum atomic E-state index is 11.3. The lowest BCUT2D eigenvalue weighted by atomic mass is 10.4. The van der Waals surface area contributed by atoms with Crippen LogP contribution >= 0.6 is 11.6 Å². The highest BCUT2D eigenvalue weighted by atomic mass is 35.5. The second-order valence-electron chi connectivity index (χ2n) is 2.89. The number of halogens is 1. The van der Waals surface area contributed by atoms with Crippen LogP contribution in [0.3, 0.4) is 0 Å². The molecule has 0 unspecified atom stereocenters. The first-order valence-corrected chi connectivity index (χ1v) is 4.92. The average molecular weight is 246 g/mol. The SMILES string of the molecule is COc1cc(NC(=O)[C@@H](C)Cl)nc(OC)n1. The minimum absolute atomic E-state index is 0.108. The highest BCUT2D eigenvalue weighted by Crippen LogP contribution is 2.17. The van der Waals surface area contributed by atoms with E-state index in [1.54, 1.807) is 6.92 Å². The number of hydrogen-bond donors (Lipinski definition) is 1. The van der Waals surface area contributed by atoms with E-state index in [0.717, 1.165) is 0 Å². The monoisotopic (exact) mass is 245 g/mol. The van der Waals surface area contributed by atoms with Gasteiger partial charge in [-0.3, -0.25) is 4.79 Å². The lowest BCUT2D eigenvalue weighted by Gasteiger charge is -2.08. The fraction of sp³-hybridized carbons (Fsp3) is 0.444. The molecule has 1 N–H and O–H groups in total. The van der Waals surface area contributed by atoms with Crippen LogP contribution < -0.4 is 14.8 Å². The van der Waals surface area contributed by atoms with Crippen molar-refractivity contribution in [3.05, 3.63) is 6.07 Å². The molecule has 1 rings (SSSR count). The van der Waals surface area contributed by atoms with Gasteiger partial charge in [0.25, 0.3) is 0 Å². The number of methoxy groups -OCH3 is 2. The summed E-state index contributed by atoms with van der Waals surface area (Å²) in [6, 6.07) is 1.58. The Morgan fingerprint density at radius 3 is 2.62 bits per heavy atom. The van der Waals surface area contributed by atoms with Gasteiger partial charge in [0.2, 0.25) is 11.8 Å². The van der Waals surface area contributed by atoms with Crippen LogP contribution in [0.5, 0.6) is 11.9 Å². The zero-order valence-corrected chi connectivity index (χ0v) is 9.91. The van der Waals surface area contributed by atoms with E-state index in [1.807, 2.05) is 0 Å². The molecule has 0 saturated heterocycles. The predicted molar refractivity (Wildman–Crippen MR) is 59.1 cm³/mol. The van der Waals surface area contributed by atoms with Gasteiger partial charge in [-0.25, -0.2) is 0 Å². The minimum Gasteiger partial charge on any atom is -0.481 e. The van der Waals surface area contributed by atoms with Gasteiger partial charge >= 0.3 is 6.01 Å². The van der Waals surface area contributed by atoms with E-state index >= 15 is 0 Å². The molecule has 16 heavy (non-hydrogen) atoms. The topological polar surface area (TPSA) is 73.3 Å². The minimum atomic E-state index is -0.646. The molecule has 1 atom stereocenters. The Hall–Kier alpha value is -1.56. The van der Waals surface area contributed by atoms with Crippen LogP contribution in [0.4, 0.5) is 5.82 Å². The Kier molecular flexibility index (Phi) is 4.30. The summed E-state index contributed by atoms with van der Waals surface area (Å²) in [4.78, 5) is 19.1. The van der Waals surface area contributed by atoms with Gasteiger partial charge in [-0.1, -0.05) is 0 Å². The molecule has 0 radical (unpaired) electrons. The molecule has 1 aromatic rings. The summed E-state index contributed by atoms with van der Waals surface area (Å²) < 4.78 is 9.78. The maximum absolute atomic E-state index is 11.3. The third kappa shape index (κ3) is 3.23. The predicted octanol–water partition coefficient (Wildman–Crippen LogP) is 1.06. The van der Waals surface area contributed by atoms with Crippen molar-refractivity contribution in [1.29, 1.82) is 0 Å². The van der Waals surface area contributed by atoms with Crippen LogP contribution in [-0.2, 0) is 4.79 Å². The van der Waals surface area contributed by atoms with Gasteiger partial charge in [0, 0.05) is 6.07 Å². The summed E-state index contributed by atoms with van der Waals surface area (Å²) in [7, 11) is 2.88. The largest absolute Gasteiger partial charge is 0.481 e. The van der Waals surface area contributed by atoms with E-state index < -0.39 is 5.38 Å². The number of amides is 1. The normalized spacial score (nSPS) is 11.8. The zero-order chi connectivity index (χ0) is 12.1. The smallest absolute Gasteiger partial charge is 0.321 e. The Labute approximate surface area is 97.9 Å². The van der Waals surface area contributed by atoms with Gasteiger partial charge < -0.3 is 14.8 Å². The van der Waals surface area contributed by atoms with E-state index in [2.05, 4.69) is 15.3 Å². The number of carbonyl (C=O) groups excluding carboxylic acids is 1. The molecular formula is C9H12ClN3O3. The summed E-state index contributed by atoms with van der Waals surface area (Å²) in [5.74, 6) is 0.218. The molecule has 1 aromatic heterocycles. The average Bonchev–Trinajstić information content (AvgIpc) is 2.28. The van der Waals surface area contributed by atoms with E-state index in [0.29, 0.717) is 5.88 Å². The fourth-order valence-electron chi connectivity index (χ4n) is 0.889. The Morgan fingerprint density at radius 1 is 1.44 bits per heavy atom. The Balaban J connectivity index is 2.91. The van der Waals surface area contributed by atoms with Crippen molar-refractivity contribution in [2.45, 2.75) is 12.3 Å². The van der Waals surface area contributed by atoms with Gasteiger partial charge in [-0.15, -0.1) is 11.6 Å². The molecule has 6 nitrogen and oxygen atoms in total. The molecule has 0 aliphatic carbocycles. The summed E-state index contributed by atoms with van der Waals surface area (Å²) >= 11 is 5.61. The van der Waals surface area contributed by atoms with Crippen molar-refractivity contribution < 1.29 is 14.3 Å². The van der Waals surface area contributed by atoms with Crippen molar-refractivity contribution >= 4 is 23.3 Å². The number of carbonyl (C=O) groups is 1. The lowest BCUT2D eigenvalue weighted by molar-refractivity contribution is -0.115. The summed E-state index contributed by atoms with van der Waals surface area (Å²) in [5.41, 5.74) is 0. The summed E-state index contributed by atoms with van der Waals surface area (Å²) in [6.07, 6.45) is 0. The van der Waals surface area contributed by atoms with E-state index in [1.165, 1.54) is 20.3 Å². The summed E-state index contributed by atoms with van der Waals surface area (Å²) in [5, 5.41) is 1.86. The van der Waals surface area contributed by atoms with Crippen LogP contribution in [-0.4, -0.2) is 35.5 Å². The van der Waals surface area contributed by atoms with Crippen LogP contribution in [0.15, 0.2) is 6.07 Å². The highest BCUT2D eigenvalue weighted by molar-refractivity contribution is 6.32. The van der Waals surface area contributed by atoms with E-state index in [9.17, 15) is 4.79 Å². The van der Waals surface area contributed by atoms with Crippen molar-refractivity contribution in [1.82, 2.24) is 9.97 Å². The van der Waals surface area contributed by atoms with Gasteiger partial charge in [0.05, 0.1) is 14.2 Å². The second kappa shape index (κ2) is 5.50. The number of aromatic nitrogens is 2. The van der Waals surface area contributed by atoms with Crippen LogP contribution in [0.2, 0.25) is 0 Å². The summed E-state index contributed by atoms with van der Waals surface area (Å²) in [6.45, 7) is 1.56. The third-order valence-electron chi connectivity index (χ3n) is 1.69. The van der Waals surface area contributed by atoms with Gasteiger partial charge in [0.1, 0.15) is 11.2 Å². The molecule has 0 spiro atoms. The lowest BCUT2D eigenvalue weighted by Crippen LogP contribution is -2.21. The molecule has 1 heterocycles. The van der Waals surface area contributed by atoms with E-state index in [4.69, 9.17) is 21.1 Å². The number of ether oxygens (including phenoxy) is 2. The number of rotatable bonds is 4. The third-order valence-corrected chi connectivity index (χ3v) is 1.88. The first-order chi connectivity index (χ1) is 7.56. The molecule has 0 aromatic carbocycles. The second-order valence-corrected chi connectivity index (χ2v) is 3.54. The standard InChI is InChI=1S/C9H12ClN3O3/c1-5(10)8(14)11-6-4-7(15-2)13-9(12-6)16-3/h4-5H,1-3H3,(H,11,12,13,14)/t5-/m1/s1. The molecule has 1 amide bonds. The maximum Gasteiger partial charge on any atom is 0.321 e. The fourth-order valence-corrected chi connectivity index (χ4v) is 0.944. The van der Waals surface area contributed by atoms with Gasteiger partial charge in [0.15, 0.2) is 0 Å². The molecule has 0 bridgehead atoms.